The average molecular weight is 540 g/mol. The van der Waals surface area contributed by atoms with Crippen molar-refractivity contribution in [1.29, 1.82) is 0 Å². The molecule has 0 saturated heterocycles. The van der Waals surface area contributed by atoms with Gasteiger partial charge in [-0.05, 0) is 12.8 Å². The van der Waals surface area contributed by atoms with E-state index in [0.717, 1.165) is 19.3 Å². The van der Waals surface area contributed by atoms with Gasteiger partial charge in [0, 0.05) is 19.6 Å². The predicted molar refractivity (Wildman–Crippen MR) is 166 cm³/mol. The lowest BCUT2D eigenvalue weighted by atomic mass is 10.0. The zero-order chi connectivity index (χ0) is 27.8. The van der Waals surface area contributed by atoms with Crippen LogP contribution >= 0.6 is 0 Å². The molecule has 0 heterocycles. The van der Waals surface area contributed by atoms with Crippen LogP contribution in [0.1, 0.15) is 187 Å². The van der Waals surface area contributed by atoms with Crippen molar-refractivity contribution < 1.29 is 14.6 Å². The molecule has 0 bridgehead atoms. The van der Waals surface area contributed by atoms with Gasteiger partial charge in [-0.1, -0.05) is 168 Å². The van der Waals surface area contributed by atoms with Crippen molar-refractivity contribution in [2.24, 2.45) is 0 Å². The summed E-state index contributed by atoms with van der Waals surface area (Å²) in [5.74, 6) is 0.0925. The van der Waals surface area contributed by atoms with Gasteiger partial charge in [0.25, 0.3) is 0 Å². The zero-order valence-electron chi connectivity index (χ0n) is 26.1. The van der Waals surface area contributed by atoms with Gasteiger partial charge in [-0.3, -0.25) is 4.79 Å². The molecule has 0 aromatic heterocycles. The summed E-state index contributed by atoms with van der Waals surface area (Å²) < 4.78 is 5.80. The third-order valence-corrected chi connectivity index (χ3v) is 7.84. The highest BCUT2D eigenvalue weighted by Gasteiger charge is 2.10. The highest BCUT2D eigenvalue weighted by Crippen LogP contribution is 2.14. The molecule has 4 nitrogen and oxygen atoms in total. The van der Waals surface area contributed by atoms with E-state index in [9.17, 15) is 9.90 Å². The van der Waals surface area contributed by atoms with E-state index in [4.69, 9.17) is 4.74 Å². The van der Waals surface area contributed by atoms with Gasteiger partial charge < -0.3 is 15.2 Å². The summed E-state index contributed by atoms with van der Waals surface area (Å²) in [5.41, 5.74) is 0. The summed E-state index contributed by atoms with van der Waals surface area (Å²) in [4.78, 5) is 12.1. The maximum Gasteiger partial charge on any atom is 0.220 e. The van der Waals surface area contributed by atoms with E-state index >= 15 is 0 Å². The molecule has 4 heteroatoms. The third-order valence-electron chi connectivity index (χ3n) is 7.84. The van der Waals surface area contributed by atoms with E-state index in [1.54, 1.807) is 0 Å². The molecule has 0 aromatic rings. The van der Waals surface area contributed by atoms with Gasteiger partial charge >= 0.3 is 0 Å². The molecule has 0 aliphatic rings. The smallest absolute Gasteiger partial charge is 0.220 e. The van der Waals surface area contributed by atoms with Gasteiger partial charge in [-0.15, -0.1) is 0 Å². The molecule has 228 valence electrons. The summed E-state index contributed by atoms with van der Waals surface area (Å²) in [6.45, 7) is 5.62. The molecule has 0 spiro atoms. The SMILES string of the molecule is CCCCCCCCCCCCCCCCCOC(CO)CNC(=O)CCCCCCCCCCCCC. The van der Waals surface area contributed by atoms with Gasteiger partial charge in [0.1, 0.15) is 0 Å². The number of amides is 1. The van der Waals surface area contributed by atoms with E-state index < -0.39 is 0 Å². The zero-order valence-corrected chi connectivity index (χ0v) is 26.1. The Labute approximate surface area is 238 Å². The van der Waals surface area contributed by atoms with Crippen LogP contribution in [0.25, 0.3) is 0 Å². The van der Waals surface area contributed by atoms with Crippen molar-refractivity contribution in [2.75, 3.05) is 19.8 Å². The van der Waals surface area contributed by atoms with E-state index in [0.29, 0.717) is 19.6 Å². The Kier molecular flexibility index (Phi) is 32.1. The molecular weight excluding hydrogens is 470 g/mol. The fourth-order valence-electron chi connectivity index (χ4n) is 5.17. The topological polar surface area (TPSA) is 58.6 Å². The number of aliphatic hydroxyl groups excluding tert-OH is 1. The number of hydrogen-bond donors (Lipinski definition) is 2. The second kappa shape index (κ2) is 32.6. The number of aliphatic hydroxyl groups is 1. The van der Waals surface area contributed by atoms with Crippen molar-refractivity contribution >= 4 is 5.91 Å². The predicted octanol–water partition coefficient (Wildman–Crippen LogP) is 10.1. The molecule has 0 rings (SSSR count). The molecule has 1 atom stereocenters. The van der Waals surface area contributed by atoms with Crippen LogP contribution < -0.4 is 5.32 Å². The maximum atomic E-state index is 12.1. The lowest BCUT2D eigenvalue weighted by molar-refractivity contribution is -0.122. The van der Waals surface area contributed by atoms with Crippen molar-refractivity contribution in [3.63, 3.8) is 0 Å². The number of rotatable bonds is 32. The van der Waals surface area contributed by atoms with E-state index in [-0.39, 0.29) is 18.6 Å². The molecule has 0 radical (unpaired) electrons. The molecule has 0 saturated carbocycles. The number of hydrogen-bond acceptors (Lipinski definition) is 3. The summed E-state index contributed by atoms with van der Waals surface area (Å²) in [5, 5.41) is 12.5. The number of nitrogens with one attached hydrogen (secondary N) is 1. The molecule has 0 aliphatic heterocycles. The normalized spacial score (nSPS) is 12.2. The van der Waals surface area contributed by atoms with Gasteiger partial charge in [-0.2, -0.15) is 0 Å². The summed E-state index contributed by atoms with van der Waals surface area (Å²) in [6, 6.07) is 0. The summed E-state index contributed by atoms with van der Waals surface area (Å²) in [6.07, 6.45) is 34.9. The van der Waals surface area contributed by atoms with Gasteiger partial charge in [0.15, 0.2) is 0 Å². The molecule has 1 amide bonds. The van der Waals surface area contributed by atoms with Crippen LogP contribution in [0.15, 0.2) is 0 Å². The van der Waals surface area contributed by atoms with Crippen molar-refractivity contribution in [1.82, 2.24) is 5.32 Å². The maximum absolute atomic E-state index is 12.1. The van der Waals surface area contributed by atoms with Crippen LogP contribution in [-0.4, -0.2) is 36.9 Å². The Bertz CT molecular complexity index is 457. The molecule has 0 aliphatic carbocycles. The monoisotopic (exact) mass is 540 g/mol. The fraction of sp³-hybridized carbons (Fsp3) is 0.971. The lowest BCUT2D eigenvalue weighted by Gasteiger charge is -2.16. The second-order valence-electron chi connectivity index (χ2n) is 11.7. The Morgan fingerprint density at radius 2 is 0.895 bits per heavy atom. The highest BCUT2D eigenvalue weighted by atomic mass is 16.5. The first-order valence-electron chi connectivity index (χ1n) is 17.2. The van der Waals surface area contributed by atoms with Crippen LogP contribution in [0.4, 0.5) is 0 Å². The molecule has 1 unspecified atom stereocenters. The fourth-order valence-corrected chi connectivity index (χ4v) is 5.17. The largest absolute Gasteiger partial charge is 0.394 e. The Hall–Kier alpha value is -0.610. The highest BCUT2D eigenvalue weighted by molar-refractivity contribution is 5.75. The van der Waals surface area contributed by atoms with E-state index in [2.05, 4.69) is 19.2 Å². The number of carbonyl (C=O) groups excluding carboxylic acids is 1. The molecule has 38 heavy (non-hydrogen) atoms. The number of ether oxygens (including phenoxy) is 1. The minimum atomic E-state index is -0.275. The second-order valence-corrected chi connectivity index (χ2v) is 11.7. The minimum absolute atomic E-state index is 0.0303. The molecule has 2 N–H and O–H groups in total. The Balaban J connectivity index is 3.38. The van der Waals surface area contributed by atoms with Crippen LogP contribution in [0.2, 0.25) is 0 Å². The average Bonchev–Trinajstić information content (AvgIpc) is 2.93. The number of carbonyl (C=O) groups is 1. The number of unbranched alkanes of at least 4 members (excludes halogenated alkanes) is 24. The molecule has 0 fully saturated rings. The van der Waals surface area contributed by atoms with Gasteiger partial charge in [0.05, 0.1) is 12.7 Å². The standard InChI is InChI=1S/C34H69NO3/c1-3-5-7-9-11-13-15-16-17-18-20-22-24-26-28-30-38-33(32-36)31-35-34(37)29-27-25-23-21-19-14-12-10-8-6-4-2/h33,36H,3-32H2,1-2H3,(H,35,37). The van der Waals surface area contributed by atoms with Crippen molar-refractivity contribution in [3.05, 3.63) is 0 Å². The van der Waals surface area contributed by atoms with E-state index in [1.165, 1.54) is 148 Å². The Morgan fingerprint density at radius 3 is 1.26 bits per heavy atom. The third kappa shape index (κ3) is 29.9. The van der Waals surface area contributed by atoms with Crippen molar-refractivity contribution in [2.45, 2.75) is 193 Å². The lowest BCUT2D eigenvalue weighted by Crippen LogP contribution is -2.35. The molecular formula is C34H69NO3. The van der Waals surface area contributed by atoms with Crippen LogP contribution in [-0.2, 0) is 9.53 Å². The summed E-state index contributed by atoms with van der Waals surface area (Å²) >= 11 is 0. The first-order chi connectivity index (χ1) is 18.7. The summed E-state index contributed by atoms with van der Waals surface area (Å²) in [7, 11) is 0. The van der Waals surface area contributed by atoms with Gasteiger partial charge in [-0.25, -0.2) is 0 Å². The van der Waals surface area contributed by atoms with Crippen LogP contribution in [0, 0.1) is 0 Å². The van der Waals surface area contributed by atoms with E-state index in [1.807, 2.05) is 0 Å². The van der Waals surface area contributed by atoms with Gasteiger partial charge in [0.2, 0.25) is 5.91 Å². The first kappa shape index (κ1) is 37.4. The quantitative estimate of drug-likeness (QED) is 0.0836. The van der Waals surface area contributed by atoms with Crippen LogP contribution in [0.5, 0.6) is 0 Å². The molecule has 0 aromatic carbocycles. The first-order valence-corrected chi connectivity index (χ1v) is 17.2. The minimum Gasteiger partial charge on any atom is -0.394 e. The van der Waals surface area contributed by atoms with Crippen molar-refractivity contribution in [3.8, 4) is 0 Å². The van der Waals surface area contributed by atoms with Crippen LogP contribution in [0.3, 0.4) is 0 Å². The Morgan fingerprint density at radius 1 is 0.553 bits per heavy atom.